The van der Waals surface area contributed by atoms with Gasteiger partial charge in [-0.05, 0) is 32.9 Å². The molecule has 5 unspecified atom stereocenters. The number of amides is 1. The largest absolute Gasteiger partial charge is 0.506 e. The fraction of sp³-hybridized carbons (Fsp3) is 0.545. The fourth-order valence-corrected chi connectivity index (χ4v) is 5.91. The maximum Gasteiger partial charge on any atom is 0.228 e. The molecule has 1 amide bonds. The number of halogens is 1. The third kappa shape index (κ3) is 2.89. The van der Waals surface area contributed by atoms with E-state index in [9.17, 15) is 23.9 Å². The highest BCUT2D eigenvalue weighted by Crippen LogP contribution is 2.55. The molecule has 0 aromatic carbocycles. The van der Waals surface area contributed by atoms with Gasteiger partial charge in [-0.3, -0.25) is 19.3 Å². The first kappa shape index (κ1) is 22.3. The van der Waals surface area contributed by atoms with E-state index in [0.29, 0.717) is 6.42 Å². The molecule has 32 heavy (non-hydrogen) atoms. The Morgan fingerprint density at radius 2 is 2.03 bits per heavy atom. The van der Waals surface area contributed by atoms with Crippen LogP contribution in [0.4, 0.5) is 4.39 Å². The van der Waals surface area contributed by atoms with Crippen LogP contribution in [0.15, 0.2) is 17.5 Å². The minimum absolute atomic E-state index is 0.0441. The van der Waals surface area contributed by atoms with E-state index in [1.54, 1.807) is 19.0 Å². The summed E-state index contributed by atoms with van der Waals surface area (Å²) in [4.78, 5) is 44.1. The minimum Gasteiger partial charge on any atom is -0.506 e. The number of aromatic nitrogens is 1. The number of nitrogens with zero attached hydrogens (tertiary/aromatic N) is 2. The van der Waals surface area contributed by atoms with E-state index >= 15 is 0 Å². The van der Waals surface area contributed by atoms with E-state index in [1.165, 1.54) is 14.2 Å². The molecule has 0 spiro atoms. The highest BCUT2D eigenvalue weighted by Gasteiger charge is 2.62. The number of carbonyl (C=O) groups is 3. The molecule has 1 fully saturated rings. The molecule has 3 N–H and O–H groups in total. The number of allylic oxidation sites excluding steroid dienone is 1. The second-order valence-electron chi connectivity index (χ2n) is 8.87. The van der Waals surface area contributed by atoms with Gasteiger partial charge in [-0.15, -0.1) is 0 Å². The summed E-state index contributed by atoms with van der Waals surface area (Å²) >= 11 is 0. The molecular formula is C22H26FN3O6. The lowest BCUT2D eigenvalue weighted by Crippen LogP contribution is -2.65. The SMILES string of the molecule is COC1=C2C(=O)c3c(O)cnc(F)c3CC2CC2C(N(C)C)C(=O)C(C(N)=O)CC12OC. The molecule has 4 rings (SSSR count). The topological polar surface area (TPSA) is 132 Å². The van der Waals surface area contributed by atoms with Crippen LogP contribution in [0.25, 0.3) is 0 Å². The van der Waals surface area contributed by atoms with Crippen LogP contribution in [0.5, 0.6) is 5.75 Å². The molecule has 1 aromatic rings. The molecular weight excluding hydrogens is 421 g/mol. The smallest absolute Gasteiger partial charge is 0.228 e. The zero-order chi connectivity index (χ0) is 23.5. The molecule has 172 valence electrons. The number of ether oxygens (including phenoxy) is 2. The number of hydrogen-bond donors (Lipinski definition) is 2. The molecule has 0 radical (unpaired) electrons. The third-order valence-electron chi connectivity index (χ3n) is 7.20. The van der Waals surface area contributed by atoms with Crippen molar-refractivity contribution in [2.75, 3.05) is 28.3 Å². The molecule has 0 bridgehead atoms. The number of rotatable bonds is 4. The number of primary amides is 1. The molecule has 1 heterocycles. The molecule has 0 saturated heterocycles. The van der Waals surface area contributed by atoms with Crippen LogP contribution in [0.2, 0.25) is 0 Å². The Balaban J connectivity index is 1.97. The second-order valence-corrected chi connectivity index (χ2v) is 8.87. The Hall–Kier alpha value is -2.85. The van der Waals surface area contributed by atoms with E-state index in [-0.39, 0.29) is 41.1 Å². The van der Waals surface area contributed by atoms with Gasteiger partial charge in [-0.25, -0.2) is 4.98 Å². The van der Waals surface area contributed by atoms with Crippen LogP contribution < -0.4 is 5.73 Å². The highest BCUT2D eigenvalue weighted by molar-refractivity contribution is 6.13. The monoisotopic (exact) mass is 447 g/mol. The van der Waals surface area contributed by atoms with Gasteiger partial charge in [0, 0.05) is 30.6 Å². The van der Waals surface area contributed by atoms with Gasteiger partial charge >= 0.3 is 0 Å². The van der Waals surface area contributed by atoms with Gasteiger partial charge in [0.2, 0.25) is 11.9 Å². The van der Waals surface area contributed by atoms with Crippen molar-refractivity contribution in [3.63, 3.8) is 0 Å². The summed E-state index contributed by atoms with van der Waals surface area (Å²) in [7, 11) is 6.27. The molecule has 10 heteroatoms. The Bertz CT molecular complexity index is 1050. The molecule has 0 aliphatic heterocycles. The van der Waals surface area contributed by atoms with Gasteiger partial charge in [-0.1, -0.05) is 0 Å². The van der Waals surface area contributed by atoms with Gasteiger partial charge in [0.1, 0.15) is 23.0 Å². The van der Waals surface area contributed by atoms with Gasteiger partial charge < -0.3 is 20.3 Å². The van der Waals surface area contributed by atoms with Crippen LogP contribution in [0, 0.1) is 23.7 Å². The predicted octanol–water partition coefficient (Wildman–Crippen LogP) is 0.591. The first-order valence-corrected chi connectivity index (χ1v) is 10.3. The average Bonchev–Trinajstić information content (AvgIpc) is 2.74. The number of Topliss-reactive ketones (excluding diaryl/α,β-unsaturated/α-hetero) is 2. The number of ketones is 2. The second kappa shape index (κ2) is 7.63. The summed E-state index contributed by atoms with van der Waals surface area (Å²) in [6, 6.07) is -0.725. The van der Waals surface area contributed by atoms with Crippen LogP contribution in [0.3, 0.4) is 0 Å². The molecule has 3 aliphatic carbocycles. The lowest BCUT2D eigenvalue weighted by atomic mass is 9.56. The van der Waals surface area contributed by atoms with Crippen LogP contribution in [-0.4, -0.2) is 72.4 Å². The van der Waals surface area contributed by atoms with Crippen molar-refractivity contribution >= 4 is 17.5 Å². The normalized spacial score (nSPS) is 31.8. The number of fused-ring (bicyclic) bond motifs is 3. The molecule has 1 saturated carbocycles. The van der Waals surface area contributed by atoms with Crippen molar-refractivity contribution in [2.24, 2.45) is 23.5 Å². The van der Waals surface area contributed by atoms with E-state index in [1.807, 2.05) is 0 Å². The molecule has 3 aliphatic rings. The van der Waals surface area contributed by atoms with Crippen molar-refractivity contribution in [3.05, 3.63) is 34.6 Å². The van der Waals surface area contributed by atoms with Crippen molar-refractivity contribution < 1.29 is 33.4 Å². The van der Waals surface area contributed by atoms with E-state index in [4.69, 9.17) is 15.2 Å². The van der Waals surface area contributed by atoms with Gasteiger partial charge in [0.15, 0.2) is 11.6 Å². The summed E-state index contributed by atoms with van der Waals surface area (Å²) < 4.78 is 26.2. The lowest BCUT2D eigenvalue weighted by Gasteiger charge is -2.54. The zero-order valence-electron chi connectivity index (χ0n) is 18.3. The summed E-state index contributed by atoms with van der Waals surface area (Å²) in [5.41, 5.74) is 4.45. The van der Waals surface area contributed by atoms with Crippen molar-refractivity contribution in [1.82, 2.24) is 9.88 Å². The van der Waals surface area contributed by atoms with Crippen molar-refractivity contribution in [2.45, 2.75) is 30.9 Å². The average molecular weight is 447 g/mol. The van der Waals surface area contributed by atoms with Crippen LogP contribution in [-0.2, 0) is 25.5 Å². The van der Waals surface area contributed by atoms with Gasteiger partial charge in [-0.2, -0.15) is 4.39 Å². The van der Waals surface area contributed by atoms with E-state index < -0.39 is 52.8 Å². The number of nitrogens with two attached hydrogens (primary N) is 1. The first-order chi connectivity index (χ1) is 15.1. The molecule has 9 nitrogen and oxygen atoms in total. The highest BCUT2D eigenvalue weighted by atomic mass is 19.1. The zero-order valence-corrected chi connectivity index (χ0v) is 18.3. The third-order valence-corrected chi connectivity index (χ3v) is 7.20. The first-order valence-electron chi connectivity index (χ1n) is 10.3. The number of hydrogen-bond acceptors (Lipinski definition) is 8. The van der Waals surface area contributed by atoms with Gasteiger partial charge in [0.05, 0.1) is 24.9 Å². The number of methoxy groups -OCH3 is 2. The summed E-state index contributed by atoms with van der Waals surface area (Å²) in [5, 5.41) is 10.3. The van der Waals surface area contributed by atoms with E-state index in [2.05, 4.69) is 4.98 Å². The Morgan fingerprint density at radius 1 is 1.34 bits per heavy atom. The maximum atomic E-state index is 14.5. The van der Waals surface area contributed by atoms with Crippen LogP contribution in [0.1, 0.15) is 28.8 Å². The fourth-order valence-electron chi connectivity index (χ4n) is 5.91. The number of likely N-dealkylation sites (N-methyl/N-ethyl adjacent to an activating group) is 1. The van der Waals surface area contributed by atoms with E-state index in [0.717, 1.165) is 6.20 Å². The lowest BCUT2D eigenvalue weighted by molar-refractivity contribution is -0.164. The Morgan fingerprint density at radius 3 is 2.59 bits per heavy atom. The standard InChI is InChI=1S/C22H26FN3O6/c1-26(2)16-12-6-9-5-10-15(13(27)8-25-20(10)23)18(29)14(9)19(31-3)22(12,32-4)7-11(17(16)28)21(24)30/h8-9,11-12,16,27H,5-7H2,1-4H3,(H2,24,30). The predicted molar refractivity (Wildman–Crippen MR) is 109 cm³/mol. The van der Waals surface area contributed by atoms with Crippen molar-refractivity contribution in [1.29, 1.82) is 0 Å². The van der Waals surface area contributed by atoms with Crippen molar-refractivity contribution in [3.8, 4) is 5.75 Å². The Labute approximate surface area is 184 Å². The summed E-state index contributed by atoms with van der Waals surface area (Å²) in [6.45, 7) is 0. The van der Waals surface area contributed by atoms with Crippen LogP contribution >= 0.6 is 0 Å². The van der Waals surface area contributed by atoms with Gasteiger partial charge in [0.25, 0.3) is 0 Å². The molecule has 1 aromatic heterocycles. The number of pyridine rings is 1. The summed E-state index contributed by atoms with van der Waals surface area (Å²) in [6.07, 6.45) is 1.27. The minimum atomic E-state index is -1.27. The molecule has 5 atom stereocenters. The number of carbonyl (C=O) groups excluding carboxylic acids is 3. The Kier molecular flexibility index (Phi) is 5.33. The number of aromatic hydroxyl groups is 1. The summed E-state index contributed by atoms with van der Waals surface area (Å²) in [5.74, 6) is -4.77. The quantitative estimate of drug-likeness (QED) is 0.506. The maximum absolute atomic E-state index is 14.5.